The molecule has 0 aromatic heterocycles. The maximum atomic E-state index is 12.7. The largest absolute Gasteiger partial charge is 0.484 e. The first-order valence-corrected chi connectivity index (χ1v) is 7.50. The van der Waals surface area contributed by atoms with Gasteiger partial charge in [0.2, 0.25) is 0 Å². The summed E-state index contributed by atoms with van der Waals surface area (Å²) in [5.74, 6) is -1.19. The summed E-state index contributed by atoms with van der Waals surface area (Å²) in [5, 5.41) is 2.55. The smallest absolute Gasteiger partial charge is 0.416 e. The fourth-order valence-corrected chi connectivity index (χ4v) is 2.20. The minimum atomic E-state index is -4.49. The van der Waals surface area contributed by atoms with Gasteiger partial charge in [0.05, 0.1) is 18.2 Å². The Morgan fingerprint density at radius 1 is 1.12 bits per heavy atom. The van der Waals surface area contributed by atoms with E-state index in [9.17, 15) is 22.8 Å². The Balaban J connectivity index is 2.03. The van der Waals surface area contributed by atoms with Gasteiger partial charge in [-0.1, -0.05) is 12.1 Å². The van der Waals surface area contributed by atoms with E-state index in [2.05, 4.69) is 10.1 Å². The highest BCUT2D eigenvalue weighted by atomic mass is 19.4. The Kier molecular flexibility index (Phi) is 5.86. The molecule has 0 atom stereocenters. The summed E-state index contributed by atoms with van der Waals surface area (Å²) in [4.78, 5) is 23.6. The molecular formula is C18H16F3NO4. The van der Waals surface area contributed by atoms with E-state index in [1.165, 1.54) is 19.2 Å². The molecule has 2 aromatic rings. The van der Waals surface area contributed by atoms with Crippen LogP contribution in [-0.2, 0) is 15.7 Å². The van der Waals surface area contributed by atoms with Gasteiger partial charge in [0.1, 0.15) is 5.75 Å². The molecule has 2 rings (SSSR count). The summed E-state index contributed by atoms with van der Waals surface area (Å²) in [6.45, 7) is 1.15. The van der Waals surface area contributed by atoms with Crippen LogP contribution in [0.4, 0.5) is 18.9 Å². The van der Waals surface area contributed by atoms with Gasteiger partial charge in [-0.2, -0.15) is 13.2 Å². The predicted molar refractivity (Wildman–Crippen MR) is 88.1 cm³/mol. The number of benzene rings is 2. The highest BCUT2D eigenvalue weighted by Gasteiger charge is 2.30. The van der Waals surface area contributed by atoms with Crippen molar-refractivity contribution in [3.63, 3.8) is 0 Å². The van der Waals surface area contributed by atoms with Gasteiger partial charge in [-0.3, -0.25) is 4.79 Å². The normalized spacial score (nSPS) is 11.0. The third-order valence-corrected chi connectivity index (χ3v) is 3.54. The summed E-state index contributed by atoms with van der Waals surface area (Å²) >= 11 is 0. The molecule has 2 aromatic carbocycles. The summed E-state index contributed by atoms with van der Waals surface area (Å²) in [7, 11) is 1.25. The minimum Gasteiger partial charge on any atom is -0.484 e. The van der Waals surface area contributed by atoms with Crippen LogP contribution >= 0.6 is 0 Å². The number of carbonyl (C=O) groups is 2. The van der Waals surface area contributed by atoms with Crippen LogP contribution < -0.4 is 10.1 Å². The Bertz CT molecular complexity index is 818. The molecule has 0 saturated carbocycles. The molecule has 26 heavy (non-hydrogen) atoms. The molecule has 0 aliphatic rings. The van der Waals surface area contributed by atoms with Crippen LogP contribution in [-0.4, -0.2) is 25.6 Å². The molecule has 0 saturated heterocycles. The van der Waals surface area contributed by atoms with Crippen LogP contribution in [0, 0.1) is 6.92 Å². The second-order valence-electron chi connectivity index (χ2n) is 5.33. The lowest BCUT2D eigenvalue weighted by Crippen LogP contribution is -2.21. The van der Waals surface area contributed by atoms with Crippen molar-refractivity contribution in [2.24, 2.45) is 0 Å². The number of amides is 1. The second-order valence-corrected chi connectivity index (χ2v) is 5.33. The maximum Gasteiger partial charge on any atom is 0.416 e. The topological polar surface area (TPSA) is 64.6 Å². The number of halogens is 3. The summed E-state index contributed by atoms with van der Waals surface area (Å²) in [5.41, 5.74) is 0.318. The average molecular weight is 367 g/mol. The van der Waals surface area contributed by atoms with Gasteiger partial charge in [0.15, 0.2) is 6.61 Å². The molecule has 0 unspecified atom stereocenters. The number of hydrogen-bond donors (Lipinski definition) is 1. The number of hydrogen-bond acceptors (Lipinski definition) is 4. The zero-order chi connectivity index (χ0) is 19.3. The van der Waals surface area contributed by atoms with Gasteiger partial charge in [-0.05, 0) is 42.8 Å². The van der Waals surface area contributed by atoms with Crippen molar-refractivity contribution in [2.45, 2.75) is 13.1 Å². The Morgan fingerprint density at radius 2 is 1.81 bits per heavy atom. The van der Waals surface area contributed by atoms with Crippen molar-refractivity contribution in [3.05, 3.63) is 59.2 Å². The maximum absolute atomic E-state index is 12.7. The number of alkyl halides is 3. The lowest BCUT2D eigenvalue weighted by molar-refractivity contribution is -0.137. The van der Waals surface area contributed by atoms with E-state index in [4.69, 9.17) is 4.74 Å². The predicted octanol–water partition coefficient (Wildman–Crippen LogP) is 3.82. The van der Waals surface area contributed by atoms with Crippen LogP contribution in [0.3, 0.4) is 0 Å². The van der Waals surface area contributed by atoms with Gasteiger partial charge in [-0.25, -0.2) is 4.79 Å². The van der Waals surface area contributed by atoms with Gasteiger partial charge in [0, 0.05) is 5.69 Å². The molecule has 0 aliphatic heterocycles. The molecule has 8 heteroatoms. The van der Waals surface area contributed by atoms with Crippen LogP contribution in [0.25, 0.3) is 0 Å². The van der Waals surface area contributed by atoms with E-state index in [-0.39, 0.29) is 5.75 Å². The van der Waals surface area contributed by atoms with E-state index in [1.54, 1.807) is 25.1 Å². The number of anilines is 1. The number of ether oxygens (including phenoxy) is 2. The van der Waals surface area contributed by atoms with Crippen molar-refractivity contribution in [3.8, 4) is 5.75 Å². The Labute approximate surface area is 147 Å². The second kappa shape index (κ2) is 7.90. The van der Waals surface area contributed by atoms with Crippen LogP contribution in [0.5, 0.6) is 5.75 Å². The number of esters is 1. The van der Waals surface area contributed by atoms with Gasteiger partial charge >= 0.3 is 12.1 Å². The monoisotopic (exact) mass is 367 g/mol. The fraction of sp³-hybridized carbons (Fsp3) is 0.222. The number of carbonyl (C=O) groups excluding carboxylic acids is 2. The fourth-order valence-electron chi connectivity index (χ4n) is 2.20. The van der Waals surface area contributed by atoms with Crippen molar-refractivity contribution >= 4 is 17.6 Å². The minimum absolute atomic E-state index is 0.0741. The summed E-state index contributed by atoms with van der Waals surface area (Å²) < 4.78 is 47.7. The quantitative estimate of drug-likeness (QED) is 0.816. The number of methoxy groups -OCH3 is 1. The molecule has 0 aliphatic carbocycles. The Morgan fingerprint density at radius 3 is 2.46 bits per heavy atom. The molecule has 138 valence electrons. The first kappa shape index (κ1) is 19.3. The van der Waals surface area contributed by atoms with E-state index < -0.39 is 30.2 Å². The molecule has 1 N–H and O–H groups in total. The Hall–Kier alpha value is -3.03. The number of nitrogens with one attached hydrogen (secondary N) is 1. The summed E-state index contributed by atoms with van der Waals surface area (Å²) in [6.07, 6.45) is -4.49. The highest BCUT2D eigenvalue weighted by molar-refractivity contribution is 5.97. The van der Waals surface area contributed by atoms with Gasteiger partial charge in [-0.15, -0.1) is 0 Å². The van der Waals surface area contributed by atoms with Crippen molar-refractivity contribution in [1.82, 2.24) is 0 Å². The first-order chi connectivity index (χ1) is 12.2. The molecule has 0 radical (unpaired) electrons. The van der Waals surface area contributed by atoms with Crippen molar-refractivity contribution < 1.29 is 32.2 Å². The van der Waals surface area contributed by atoms with Crippen molar-refractivity contribution in [2.75, 3.05) is 19.0 Å². The zero-order valence-corrected chi connectivity index (χ0v) is 14.0. The standard InChI is InChI=1S/C18H16F3NO4/c1-11-14(17(24)25-2)7-4-8-15(11)22-16(23)10-26-13-6-3-5-12(9-13)18(19,20)21/h3-9H,10H2,1-2H3,(H,22,23). The van der Waals surface area contributed by atoms with Crippen LogP contribution in [0.15, 0.2) is 42.5 Å². The average Bonchev–Trinajstić information content (AvgIpc) is 2.60. The van der Waals surface area contributed by atoms with Gasteiger partial charge < -0.3 is 14.8 Å². The third kappa shape index (κ3) is 4.75. The van der Waals surface area contributed by atoms with Gasteiger partial charge in [0.25, 0.3) is 5.91 Å². The lowest BCUT2D eigenvalue weighted by atomic mass is 10.1. The van der Waals surface area contributed by atoms with E-state index in [0.717, 1.165) is 12.1 Å². The van der Waals surface area contributed by atoms with E-state index >= 15 is 0 Å². The molecule has 0 heterocycles. The van der Waals surface area contributed by atoms with E-state index in [0.29, 0.717) is 16.8 Å². The van der Waals surface area contributed by atoms with E-state index in [1.807, 2.05) is 0 Å². The van der Waals surface area contributed by atoms with Crippen LogP contribution in [0.1, 0.15) is 21.5 Å². The highest BCUT2D eigenvalue weighted by Crippen LogP contribution is 2.31. The van der Waals surface area contributed by atoms with Crippen molar-refractivity contribution in [1.29, 1.82) is 0 Å². The molecule has 0 spiro atoms. The molecular weight excluding hydrogens is 351 g/mol. The zero-order valence-electron chi connectivity index (χ0n) is 14.0. The number of rotatable bonds is 5. The van der Waals surface area contributed by atoms with Crippen LogP contribution in [0.2, 0.25) is 0 Å². The third-order valence-electron chi connectivity index (χ3n) is 3.54. The molecule has 1 amide bonds. The SMILES string of the molecule is COC(=O)c1cccc(NC(=O)COc2cccc(C(F)(F)F)c2)c1C. The first-order valence-electron chi connectivity index (χ1n) is 7.50. The molecule has 0 bridgehead atoms. The summed E-state index contributed by atoms with van der Waals surface area (Å²) in [6, 6.07) is 8.96. The molecule has 0 fully saturated rings. The lowest BCUT2D eigenvalue weighted by Gasteiger charge is -2.13. The molecule has 5 nitrogen and oxygen atoms in total.